The van der Waals surface area contributed by atoms with Crippen molar-refractivity contribution in [2.24, 2.45) is 5.92 Å². The lowest BCUT2D eigenvalue weighted by Crippen LogP contribution is -2.06. The zero-order valence-electron chi connectivity index (χ0n) is 10.4. The van der Waals surface area contributed by atoms with E-state index in [1.54, 1.807) is 25.1 Å². The number of Topliss-reactive ketones (excluding diaryl/α,β-unsaturated/α-hetero) is 1. The summed E-state index contributed by atoms with van der Waals surface area (Å²) in [4.78, 5) is 11.3. The Morgan fingerprint density at radius 1 is 1.35 bits per heavy atom. The Bertz CT molecular complexity index is 503. The van der Waals surface area contributed by atoms with Crippen molar-refractivity contribution in [2.75, 3.05) is 6.26 Å². The molecule has 4 heteroatoms. The van der Waals surface area contributed by atoms with Gasteiger partial charge >= 0.3 is 0 Å². The van der Waals surface area contributed by atoms with E-state index < -0.39 is 9.84 Å². The van der Waals surface area contributed by atoms with Crippen molar-refractivity contribution < 1.29 is 13.2 Å². The minimum atomic E-state index is -3.15. The molecule has 1 unspecified atom stereocenters. The molecule has 94 valence electrons. The van der Waals surface area contributed by atoms with Gasteiger partial charge in [0.1, 0.15) is 5.78 Å². The number of hydrogen-bond acceptors (Lipinski definition) is 3. The van der Waals surface area contributed by atoms with E-state index in [-0.39, 0.29) is 11.7 Å². The van der Waals surface area contributed by atoms with Crippen LogP contribution in [0.1, 0.15) is 25.8 Å². The molecule has 1 aromatic carbocycles. The van der Waals surface area contributed by atoms with E-state index in [1.165, 1.54) is 6.26 Å². The zero-order chi connectivity index (χ0) is 13.1. The normalized spacial score (nSPS) is 13.4. The molecular weight excluding hydrogens is 236 g/mol. The molecule has 0 N–H and O–H groups in total. The molecule has 0 spiro atoms. The summed E-state index contributed by atoms with van der Waals surface area (Å²) in [6, 6.07) is 6.91. The maximum Gasteiger partial charge on any atom is 0.175 e. The molecule has 17 heavy (non-hydrogen) atoms. The zero-order valence-corrected chi connectivity index (χ0v) is 11.3. The van der Waals surface area contributed by atoms with Gasteiger partial charge < -0.3 is 4.79 Å². The molecule has 0 bridgehead atoms. The van der Waals surface area contributed by atoms with Crippen LogP contribution >= 0.6 is 0 Å². The lowest BCUT2D eigenvalue weighted by atomic mass is 9.97. The van der Waals surface area contributed by atoms with Crippen LogP contribution in [0.3, 0.4) is 0 Å². The van der Waals surface area contributed by atoms with Gasteiger partial charge in [-0.05, 0) is 37.0 Å². The number of benzene rings is 1. The average molecular weight is 254 g/mol. The number of hydrogen-bond donors (Lipinski definition) is 0. The number of carbonyl (C=O) groups is 1. The van der Waals surface area contributed by atoms with Gasteiger partial charge in [0.15, 0.2) is 9.84 Å². The molecule has 3 nitrogen and oxygen atoms in total. The van der Waals surface area contributed by atoms with E-state index in [9.17, 15) is 13.2 Å². The Morgan fingerprint density at radius 2 is 2.00 bits per heavy atom. The summed E-state index contributed by atoms with van der Waals surface area (Å²) in [5.41, 5.74) is 0.960. The third-order valence-electron chi connectivity index (χ3n) is 2.55. The first-order valence-electron chi connectivity index (χ1n) is 5.57. The molecule has 0 saturated carbocycles. The highest BCUT2D eigenvalue weighted by molar-refractivity contribution is 7.90. The van der Waals surface area contributed by atoms with Crippen molar-refractivity contribution in [1.29, 1.82) is 0 Å². The van der Waals surface area contributed by atoms with Gasteiger partial charge in [0.25, 0.3) is 0 Å². The highest BCUT2D eigenvalue weighted by Gasteiger charge is 2.10. The molecule has 0 aromatic heterocycles. The highest BCUT2D eigenvalue weighted by Crippen LogP contribution is 2.16. The lowest BCUT2D eigenvalue weighted by Gasteiger charge is -2.10. The summed E-state index contributed by atoms with van der Waals surface area (Å²) < 4.78 is 22.8. The first-order chi connectivity index (χ1) is 7.79. The molecule has 1 aromatic rings. The van der Waals surface area contributed by atoms with E-state index >= 15 is 0 Å². The van der Waals surface area contributed by atoms with Gasteiger partial charge in [0.05, 0.1) is 4.90 Å². The molecule has 0 aliphatic carbocycles. The van der Waals surface area contributed by atoms with Gasteiger partial charge in [0.2, 0.25) is 0 Å². The summed E-state index contributed by atoms with van der Waals surface area (Å²) in [5.74, 6) is 0.402. The topological polar surface area (TPSA) is 51.2 Å². The van der Waals surface area contributed by atoms with E-state index in [1.807, 2.05) is 13.0 Å². The maximum absolute atomic E-state index is 11.4. The van der Waals surface area contributed by atoms with Gasteiger partial charge in [-0.3, -0.25) is 0 Å². The van der Waals surface area contributed by atoms with Crippen molar-refractivity contribution >= 4 is 15.6 Å². The molecule has 0 fully saturated rings. The van der Waals surface area contributed by atoms with Crippen LogP contribution in [0.4, 0.5) is 0 Å². The summed E-state index contributed by atoms with van der Waals surface area (Å²) in [5, 5.41) is 0. The largest absolute Gasteiger partial charge is 0.300 e. The molecule has 0 aliphatic rings. The van der Waals surface area contributed by atoms with Crippen LogP contribution < -0.4 is 0 Å². The average Bonchev–Trinajstić information content (AvgIpc) is 2.15. The number of carbonyl (C=O) groups excluding carboxylic acids is 1. The fourth-order valence-electron chi connectivity index (χ4n) is 1.87. The predicted octanol–water partition coefficient (Wildman–Crippen LogP) is 2.25. The second-order valence-electron chi connectivity index (χ2n) is 4.64. The van der Waals surface area contributed by atoms with E-state index in [4.69, 9.17) is 0 Å². The summed E-state index contributed by atoms with van der Waals surface area (Å²) in [7, 11) is -3.15. The highest BCUT2D eigenvalue weighted by atomic mass is 32.2. The van der Waals surface area contributed by atoms with Crippen LogP contribution in [0.2, 0.25) is 0 Å². The summed E-state index contributed by atoms with van der Waals surface area (Å²) in [6.45, 7) is 3.57. The van der Waals surface area contributed by atoms with E-state index in [2.05, 4.69) is 0 Å². The van der Waals surface area contributed by atoms with Crippen molar-refractivity contribution in [1.82, 2.24) is 0 Å². The molecule has 0 radical (unpaired) electrons. The monoisotopic (exact) mass is 254 g/mol. The number of ketones is 1. The van der Waals surface area contributed by atoms with Crippen LogP contribution in [0.15, 0.2) is 29.2 Å². The quantitative estimate of drug-likeness (QED) is 0.809. The molecular formula is C13H18O3S. The second-order valence-corrected chi connectivity index (χ2v) is 6.65. The molecule has 0 amide bonds. The number of sulfone groups is 1. The van der Waals surface area contributed by atoms with E-state index in [0.717, 1.165) is 12.0 Å². The van der Waals surface area contributed by atoms with Gasteiger partial charge in [0, 0.05) is 12.7 Å². The molecule has 1 atom stereocenters. The van der Waals surface area contributed by atoms with Gasteiger partial charge in [-0.25, -0.2) is 8.42 Å². The van der Waals surface area contributed by atoms with E-state index in [0.29, 0.717) is 11.3 Å². The fraction of sp³-hybridized carbons (Fsp3) is 0.462. The van der Waals surface area contributed by atoms with Crippen LogP contribution in [-0.4, -0.2) is 20.5 Å². The van der Waals surface area contributed by atoms with Crippen molar-refractivity contribution in [3.05, 3.63) is 29.8 Å². The smallest absolute Gasteiger partial charge is 0.175 e. The predicted molar refractivity (Wildman–Crippen MR) is 67.7 cm³/mol. The first-order valence-corrected chi connectivity index (χ1v) is 7.46. The number of rotatable bonds is 5. The Labute approximate surface area is 103 Å². The fourth-order valence-corrected chi connectivity index (χ4v) is 2.56. The summed E-state index contributed by atoms with van der Waals surface area (Å²) in [6.07, 6.45) is 2.46. The minimum Gasteiger partial charge on any atom is -0.300 e. The van der Waals surface area contributed by atoms with Crippen LogP contribution in [-0.2, 0) is 21.1 Å². The molecule has 1 rings (SSSR count). The third-order valence-corrected chi connectivity index (χ3v) is 3.66. The molecule has 0 aliphatic heterocycles. The molecule has 0 saturated heterocycles. The Hall–Kier alpha value is -1.16. The third kappa shape index (κ3) is 4.69. The SMILES string of the molecule is CC(=O)CC(C)Cc1cccc(S(C)(=O)=O)c1. The first kappa shape index (κ1) is 13.9. The van der Waals surface area contributed by atoms with Gasteiger partial charge in [-0.15, -0.1) is 0 Å². The van der Waals surface area contributed by atoms with Crippen molar-refractivity contribution in [2.45, 2.75) is 31.6 Å². The molecule has 0 heterocycles. The van der Waals surface area contributed by atoms with Crippen LogP contribution in [0, 0.1) is 5.92 Å². The van der Waals surface area contributed by atoms with Gasteiger partial charge in [-0.2, -0.15) is 0 Å². The maximum atomic E-state index is 11.4. The second kappa shape index (κ2) is 5.45. The Morgan fingerprint density at radius 3 is 2.53 bits per heavy atom. The lowest BCUT2D eigenvalue weighted by molar-refractivity contribution is -0.117. The summed E-state index contributed by atoms with van der Waals surface area (Å²) >= 11 is 0. The Kier molecular flexibility index (Phi) is 4.46. The van der Waals surface area contributed by atoms with Crippen LogP contribution in [0.25, 0.3) is 0 Å². The van der Waals surface area contributed by atoms with Crippen molar-refractivity contribution in [3.63, 3.8) is 0 Å². The standard InChI is InChI=1S/C13H18O3S/c1-10(7-11(2)14)8-12-5-4-6-13(9-12)17(3,15)16/h4-6,9-10H,7-8H2,1-3H3. The van der Waals surface area contributed by atoms with Gasteiger partial charge in [-0.1, -0.05) is 19.1 Å². The van der Waals surface area contributed by atoms with Crippen LogP contribution in [0.5, 0.6) is 0 Å². The Balaban J connectivity index is 2.83. The minimum absolute atomic E-state index is 0.164. The van der Waals surface area contributed by atoms with Crippen molar-refractivity contribution in [3.8, 4) is 0 Å².